The Bertz CT molecular complexity index is 649. The highest BCUT2D eigenvalue weighted by Gasteiger charge is 2.25. The van der Waals surface area contributed by atoms with E-state index in [4.69, 9.17) is 8.94 Å². The Morgan fingerprint density at radius 2 is 2.05 bits per heavy atom. The van der Waals surface area contributed by atoms with Gasteiger partial charge < -0.3 is 8.94 Å². The van der Waals surface area contributed by atoms with Crippen molar-refractivity contribution < 1.29 is 18.5 Å². The second-order valence-electron chi connectivity index (χ2n) is 3.69. The highest BCUT2D eigenvalue weighted by atomic mass is 32.1. The van der Waals surface area contributed by atoms with Crippen molar-refractivity contribution in [1.82, 2.24) is 5.16 Å². The van der Waals surface area contributed by atoms with Gasteiger partial charge in [0, 0.05) is 0 Å². The lowest BCUT2D eigenvalue weighted by Crippen LogP contribution is -2.08. The molecule has 0 saturated carbocycles. The molecule has 3 aromatic rings. The maximum atomic E-state index is 12.2. The third-order valence-corrected chi connectivity index (χ3v) is 3.39. The van der Waals surface area contributed by atoms with Crippen LogP contribution in [0.25, 0.3) is 0 Å². The first-order chi connectivity index (χ1) is 9.27. The van der Waals surface area contributed by atoms with E-state index in [1.165, 1.54) is 23.7 Å². The largest absolute Gasteiger partial charge is 0.461 e. The van der Waals surface area contributed by atoms with E-state index < -0.39 is 5.78 Å². The SMILES string of the molecule is O=C(c1ccco1)c1conc1C(=O)c1cccs1. The first kappa shape index (κ1) is 11.6. The van der Waals surface area contributed by atoms with Gasteiger partial charge in [-0.05, 0) is 23.6 Å². The number of carbonyl (C=O) groups is 2. The van der Waals surface area contributed by atoms with Crippen LogP contribution in [0, 0.1) is 0 Å². The average molecular weight is 273 g/mol. The Hall–Kier alpha value is -2.47. The van der Waals surface area contributed by atoms with Gasteiger partial charge in [0.25, 0.3) is 0 Å². The van der Waals surface area contributed by atoms with Gasteiger partial charge in [-0.25, -0.2) is 0 Å². The van der Waals surface area contributed by atoms with Crippen molar-refractivity contribution in [3.05, 3.63) is 64.1 Å². The van der Waals surface area contributed by atoms with Crippen LogP contribution >= 0.6 is 11.3 Å². The second-order valence-corrected chi connectivity index (χ2v) is 4.64. The molecule has 5 nitrogen and oxygen atoms in total. The molecule has 3 heterocycles. The monoisotopic (exact) mass is 273 g/mol. The van der Waals surface area contributed by atoms with Crippen LogP contribution < -0.4 is 0 Å². The Kier molecular flexibility index (Phi) is 2.85. The van der Waals surface area contributed by atoms with Crippen LogP contribution in [0.15, 0.2) is 51.1 Å². The van der Waals surface area contributed by atoms with Crippen LogP contribution in [0.4, 0.5) is 0 Å². The fourth-order valence-corrected chi connectivity index (χ4v) is 2.29. The highest BCUT2D eigenvalue weighted by Crippen LogP contribution is 2.19. The molecule has 19 heavy (non-hydrogen) atoms. The lowest BCUT2D eigenvalue weighted by Gasteiger charge is -1.96. The van der Waals surface area contributed by atoms with Crippen LogP contribution in [0.5, 0.6) is 0 Å². The van der Waals surface area contributed by atoms with E-state index >= 15 is 0 Å². The molecule has 3 aromatic heterocycles. The predicted octanol–water partition coefficient (Wildman–Crippen LogP) is 2.79. The molecule has 0 saturated heterocycles. The number of hydrogen-bond donors (Lipinski definition) is 0. The van der Waals surface area contributed by atoms with Crippen molar-refractivity contribution in [2.24, 2.45) is 0 Å². The molecule has 0 atom stereocenters. The van der Waals surface area contributed by atoms with E-state index in [2.05, 4.69) is 5.16 Å². The van der Waals surface area contributed by atoms with Crippen molar-refractivity contribution in [2.75, 3.05) is 0 Å². The number of hydrogen-bond acceptors (Lipinski definition) is 6. The van der Waals surface area contributed by atoms with Crippen LogP contribution in [-0.4, -0.2) is 16.7 Å². The van der Waals surface area contributed by atoms with E-state index in [1.54, 1.807) is 23.6 Å². The Morgan fingerprint density at radius 3 is 2.74 bits per heavy atom. The molecule has 6 heteroatoms. The number of aromatic nitrogens is 1. The molecule has 0 spiro atoms. The molecule has 0 aliphatic heterocycles. The maximum Gasteiger partial charge on any atom is 0.233 e. The predicted molar refractivity (Wildman–Crippen MR) is 66.4 cm³/mol. The number of ketones is 2. The van der Waals surface area contributed by atoms with Crippen molar-refractivity contribution in [3.63, 3.8) is 0 Å². The van der Waals surface area contributed by atoms with Crippen molar-refractivity contribution >= 4 is 22.9 Å². The Morgan fingerprint density at radius 1 is 1.16 bits per heavy atom. The van der Waals surface area contributed by atoms with Gasteiger partial charge in [0.2, 0.25) is 11.6 Å². The fraction of sp³-hybridized carbons (Fsp3) is 0. The third kappa shape index (κ3) is 2.02. The van der Waals surface area contributed by atoms with Crippen molar-refractivity contribution in [3.8, 4) is 0 Å². The summed E-state index contributed by atoms with van der Waals surface area (Å²) >= 11 is 1.28. The molecular weight excluding hydrogens is 266 g/mol. The van der Waals surface area contributed by atoms with E-state index in [1.807, 2.05) is 0 Å². The van der Waals surface area contributed by atoms with Crippen LogP contribution in [-0.2, 0) is 0 Å². The zero-order chi connectivity index (χ0) is 13.2. The molecule has 0 aromatic carbocycles. The molecule has 3 rings (SSSR count). The quantitative estimate of drug-likeness (QED) is 0.683. The lowest BCUT2D eigenvalue weighted by atomic mass is 10.1. The zero-order valence-corrected chi connectivity index (χ0v) is 10.3. The molecule has 0 aliphatic rings. The standard InChI is InChI=1S/C13H7NO4S/c15-12(9-3-1-5-17-9)8-7-18-14-11(8)13(16)10-4-2-6-19-10/h1-7H. The van der Waals surface area contributed by atoms with Gasteiger partial charge in [0.05, 0.1) is 16.7 Å². The zero-order valence-electron chi connectivity index (χ0n) is 9.53. The van der Waals surface area contributed by atoms with Crippen molar-refractivity contribution in [2.45, 2.75) is 0 Å². The van der Waals surface area contributed by atoms with Crippen LogP contribution in [0.3, 0.4) is 0 Å². The minimum Gasteiger partial charge on any atom is -0.461 e. The number of furan rings is 1. The highest BCUT2D eigenvalue weighted by molar-refractivity contribution is 7.12. The first-order valence-electron chi connectivity index (χ1n) is 5.38. The summed E-state index contributed by atoms with van der Waals surface area (Å²) in [5.41, 5.74) is 0.109. The molecule has 0 unspecified atom stereocenters. The third-order valence-electron chi connectivity index (χ3n) is 2.52. The molecular formula is C13H7NO4S. The van der Waals surface area contributed by atoms with Crippen LogP contribution in [0.2, 0.25) is 0 Å². The summed E-state index contributed by atoms with van der Waals surface area (Å²) in [5.74, 6) is -0.617. The topological polar surface area (TPSA) is 73.3 Å². The molecule has 0 N–H and O–H groups in total. The maximum absolute atomic E-state index is 12.2. The number of rotatable bonds is 4. The summed E-state index contributed by atoms with van der Waals surface area (Å²) in [4.78, 5) is 24.8. The second kappa shape index (κ2) is 4.66. The van der Waals surface area contributed by atoms with Gasteiger partial charge in [-0.15, -0.1) is 11.3 Å². The van der Waals surface area contributed by atoms with Gasteiger partial charge in [-0.2, -0.15) is 0 Å². The first-order valence-corrected chi connectivity index (χ1v) is 6.26. The van der Waals surface area contributed by atoms with Gasteiger partial charge in [-0.3, -0.25) is 9.59 Å². The summed E-state index contributed by atoms with van der Waals surface area (Å²) in [6.45, 7) is 0. The van der Waals surface area contributed by atoms with E-state index in [0.29, 0.717) is 4.88 Å². The van der Waals surface area contributed by atoms with Crippen molar-refractivity contribution in [1.29, 1.82) is 0 Å². The number of thiophene rings is 1. The van der Waals surface area contributed by atoms with Gasteiger partial charge in [-0.1, -0.05) is 11.2 Å². The minimum absolute atomic E-state index is 0.00356. The summed E-state index contributed by atoms with van der Waals surface area (Å²) < 4.78 is 9.77. The molecule has 0 radical (unpaired) electrons. The molecule has 94 valence electrons. The molecule has 0 fully saturated rings. The van der Waals surface area contributed by atoms with Crippen LogP contribution in [0.1, 0.15) is 31.5 Å². The average Bonchev–Trinajstić information content (AvgIpc) is 3.16. The smallest absolute Gasteiger partial charge is 0.233 e. The molecule has 0 amide bonds. The Balaban J connectivity index is 1.99. The molecule has 0 bridgehead atoms. The van der Waals surface area contributed by atoms with E-state index in [0.717, 1.165) is 6.26 Å². The van der Waals surface area contributed by atoms with Gasteiger partial charge in [0.15, 0.2) is 11.5 Å². The summed E-state index contributed by atoms with van der Waals surface area (Å²) in [5, 5.41) is 5.40. The molecule has 0 aliphatic carbocycles. The number of carbonyl (C=O) groups excluding carboxylic acids is 2. The lowest BCUT2D eigenvalue weighted by molar-refractivity contribution is 0.0988. The van der Waals surface area contributed by atoms with Gasteiger partial charge >= 0.3 is 0 Å². The fourth-order valence-electron chi connectivity index (χ4n) is 1.63. The normalized spacial score (nSPS) is 10.5. The number of nitrogens with zero attached hydrogens (tertiary/aromatic N) is 1. The summed E-state index contributed by atoms with van der Waals surface area (Å²) in [7, 11) is 0. The minimum atomic E-state index is -0.425. The summed E-state index contributed by atoms with van der Waals surface area (Å²) in [6, 6.07) is 6.55. The van der Waals surface area contributed by atoms with Gasteiger partial charge in [0.1, 0.15) is 6.26 Å². The van der Waals surface area contributed by atoms with E-state index in [9.17, 15) is 9.59 Å². The van der Waals surface area contributed by atoms with E-state index in [-0.39, 0.29) is 22.8 Å². The Labute approximate surface area is 111 Å². The summed E-state index contributed by atoms with van der Waals surface area (Å²) in [6.07, 6.45) is 2.55.